The summed E-state index contributed by atoms with van der Waals surface area (Å²) < 4.78 is 0. The molecule has 1 fully saturated rings. The molecule has 6 heteroatoms. The van der Waals surface area contributed by atoms with Crippen LogP contribution in [0.5, 0.6) is 0 Å². The number of H-pyrrole nitrogens is 2. The number of rotatable bonds is 2. The lowest BCUT2D eigenvalue weighted by Crippen LogP contribution is -2.38. The first-order chi connectivity index (χ1) is 10.8. The average molecular weight is 295 g/mol. The Morgan fingerprint density at radius 2 is 2.23 bits per heavy atom. The van der Waals surface area contributed by atoms with E-state index in [-0.39, 0.29) is 11.9 Å². The van der Waals surface area contributed by atoms with Gasteiger partial charge in [0.2, 0.25) is 0 Å². The van der Waals surface area contributed by atoms with Gasteiger partial charge in [0.1, 0.15) is 0 Å². The highest BCUT2D eigenvalue weighted by Gasteiger charge is 2.29. The molecule has 0 saturated carbocycles. The van der Waals surface area contributed by atoms with Gasteiger partial charge in [-0.1, -0.05) is 0 Å². The van der Waals surface area contributed by atoms with Crippen LogP contribution in [0.2, 0.25) is 0 Å². The van der Waals surface area contributed by atoms with Crippen LogP contribution in [-0.2, 0) is 0 Å². The van der Waals surface area contributed by atoms with Crippen molar-refractivity contribution in [3.63, 3.8) is 0 Å². The average Bonchev–Trinajstić information content (AvgIpc) is 3.24. The topological polar surface area (TPSA) is 77.7 Å². The fourth-order valence-corrected chi connectivity index (χ4v) is 3.18. The second-order valence-corrected chi connectivity index (χ2v) is 5.66. The Morgan fingerprint density at radius 1 is 1.27 bits per heavy atom. The van der Waals surface area contributed by atoms with E-state index in [0.717, 1.165) is 42.5 Å². The number of nitrogens with zero attached hydrogens (tertiary/aromatic N) is 3. The third kappa shape index (κ3) is 2.16. The van der Waals surface area contributed by atoms with Gasteiger partial charge in [0.15, 0.2) is 0 Å². The zero-order chi connectivity index (χ0) is 14.9. The van der Waals surface area contributed by atoms with E-state index >= 15 is 0 Å². The summed E-state index contributed by atoms with van der Waals surface area (Å²) in [5.41, 5.74) is 3.47. The van der Waals surface area contributed by atoms with Crippen LogP contribution in [0.15, 0.2) is 36.8 Å². The minimum Gasteiger partial charge on any atom is -0.345 e. The van der Waals surface area contributed by atoms with Crippen molar-refractivity contribution in [1.82, 2.24) is 25.1 Å². The second-order valence-electron chi connectivity index (χ2n) is 5.66. The first kappa shape index (κ1) is 13.1. The third-order valence-corrected chi connectivity index (χ3v) is 4.31. The monoisotopic (exact) mass is 295 g/mol. The van der Waals surface area contributed by atoms with E-state index in [9.17, 15) is 4.79 Å². The van der Waals surface area contributed by atoms with Gasteiger partial charge in [0.05, 0.1) is 29.1 Å². The van der Waals surface area contributed by atoms with Gasteiger partial charge in [-0.2, -0.15) is 5.10 Å². The number of nitrogens with one attached hydrogen (secondary N) is 2. The molecule has 3 heterocycles. The molecule has 0 bridgehead atoms. The number of amides is 1. The Balaban J connectivity index is 1.67. The molecule has 1 saturated heterocycles. The van der Waals surface area contributed by atoms with Crippen LogP contribution in [0.3, 0.4) is 0 Å². The molecule has 0 radical (unpaired) electrons. The molecule has 1 aliphatic heterocycles. The van der Waals surface area contributed by atoms with Crippen molar-refractivity contribution >= 4 is 16.9 Å². The standard InChI is InChI=1S/C16H17N5O/c22-16(11-4-5-12-14(9-11)18-10-17-12)21-8-2-1-3-15(21)13-6-7-19-20-13/h4-7,9-10,15H,1-3,8H2,(H,17,18)(H,19,20). The molecule has 1 unspecified atom stereocenters. The van der Waals surface area contributed by atoms with Crippen molar-refractivity contribution in [1.29, 1.82) is 0 Å². The van der Waals surface area contributed by atoms with E-state index < -0.39 is 0 Å². The molecule has 0 spiro atoms. The quantitative estimate of drug-likeness (QED) is 0.763. The lowest BCUT2D eigenvalue weighted by Gasteiger charge is -2.35. The van der Waals surface area contributed by atoms with Gasteiger partial charge in [-0.05, 0) is 43.5 Å². The van der Waals surface area contributed by atoms with Crippen molar-refractivity contribution in [3.8, 4) is 0 Å². The van der Waals surface area contributed by atoms with Crippen LogP contribution in [0.4, 0.5) is 0 Å². The van der Waals surface area contributed by atoms with Crippen LogP contribution in [0, 0.1) is 0 Å². The number of benzene rings is 1. The third-order valence-electron chi connectivity index (χ3n) is 4.31. The number of likely N-dealkylation sites (tertiary alicyclic amines) is 1. The molecule has 112 valence electrons. The van der Waals surface area contributed by atoms with Gasteiger partial charge in [-0.15, -0.1) is 0 Å². The number of hydrogen-bond donors (Lipinski definition) is 2. The molecule has 0 aliphatic carbocycles. The van der Waals surface area contributed by atoms with Crippen LogP contribution < -0.4 is 0 Å². The summed E-state index contributed by atoms with van der Waals surface area (Å²) in [7, 11) is 0. The summed E-state index contributed by atoms with van der Waals surface area (Å²) in [5.74, 6) is 0.0656. The fourth-order valence-electron chi connectivity index (χ4n) is 3.18. The van der Waals surface area contributed by atoms with E-state index in [0.29, 0.717) is 5.56 Å². The largest absolute Gasteiger partial charge is 0.345 e. The molecule has 1 atom stereocenters. The highest BCUT2D eigenvalue weighted by molar-refractivity contribution is 5.97. The van der Waals surface area contributed by atoms with Gasteiger partial charge < -0.3 is 9.88 Å². The molecule has 1 aliphatic rings. The van der Waals surface area contributed by atoms with Crippen molar-refractivity contribution in [3.05, 3.63) is 48.0 Å². The lowest BCUT2D eigenvalue weighted by atomic mass is 9.98. The summed E-state index contributed by atoms with van der Waals surface area (Å²) in [6.45, 7) is 0.781. The number of carbonyl (C=O) groups is 1. The molecule has 1 aromatic carbocycles. The van der Waals surface area contributed by atoms with Crippen LogP contribution >= 0.6 is 0 Å². The Kier molecular flexibility index (Phi) is 3.14. The summed E-state index contributed by atoms with van der Waals surface area (Å²) in [6.07, 6.45) is 6.53. The zero-order valence-corrected chi connectivity index (χ0v) is 12.1. The maximum Gasteiger partial charge on any atom is 0.254 e. The van der Waals surface area contributed by atoms with Crippen molar-refractivity contribution in [2.45, 2.75) is 25.3 Å². The molecular weight excluding hydrogens is 278 g/mol. The number of aromatic amines is 2. The van der Waals surface area contributed by atoms with Crippen molar-refractivity contribution in [2.75, 3.05) is 6.54 Å². The predicted octanol–water partition coefficient (Wildman–Crippen LogP) is 2.65. The molecule has 3 aromatic rings. The second kappa shape index (κ2) is 5.29. The lowest BCUT2D eigenvalue weighted by molar-refractivity contribution is 0.0606. The van der Waals surface area contributed by atoms with E-state index in [2.05, 4.69) is 20.2 Å². The van der Waals surface area contributed by atoms with Gasteiger partial charge >= 0.3 is 0 Å². The number of piperidine rings is 1. The fraction of sp³-hybridized carbons (Fsp3) is 0.312. The first-order valence-electron chi connectivity index (χ1n) is 7.56. The Hall–Kier alpha value is -2.63. The minimum atomic E-state index is 0.0656. The molecule has 6 nitrogen and oxygen atoms in total. The van der Waals surface area contributed by atoms with E-state index in [1.165, 1.54) is 0 Å². The molecule has 1 amide bonds. The molecule has 2 aromatic heterocycles. The summed E-state index contributed by atoms with van der Waals surface area (Å²) >= 11 is 0. The van der Waals surface area contributed by atoms with Crippen LogP contribution in [-0.4, -0.2) is 37.5 Å². The van der Waals surface area contributed by atoms with Gasteiger partial charge in [0.25, 0.3) is 5.91 Å². The highest BCUT2D eigenvalue weighted by Crippen LogP contribution is 2.31. The number of aromatic nitrogens is 4. The smallest absolute Gasteiger partial charge is 0.254 e. The number of carbonyl (C=O) groups excluding carboxylic acids is 1. The Bertz CT molecular complexity index is 792. The van der Waals surface area contributed by atoms with Gasteiger partial charge in [0, 0.05) is 18.3 Å². The van der Waals surface area contributed by atoms with Gasteiger partial charge in [-0.25, -0.2) is 4.98 Å². The zero-order valence-electron chi connectivity index (χ0n) is 12.1. The molecular formula is C16H17N5O. The maximum atomic E-state index is 12.9. The van der Waals surface area contributed by atoms with Crippen LogP contribution in [0.25, 0.3) is 11.0 Å². The number of hydrogen-bond acceptors (Lipinski definition) is 3. The minimum absolute atomic E-state index is 0.0656. The highest BCUT2D eigenvalue weighted by atomic mass is 16.2. The van der Waals surface area contributed by atoms with Crippen molar-refractivity contribution < 1.29 is 4.79 Å². The van der Waals surface area contributed by atoms with Gasteiger partial charge in [-0.3, -0.25) is 9.89 Å². The summed E-state index contributed by atoms with van der Waals surface area (Å²) in [5, 5.41) is 7.03. The molecule has 2 N–H and O–H groups in total. The Morgan fingerprint density at radius 3 is 3.09 bits per heavy atom. The maximum absolute atomic E-state index is 12.9. The van der Waals surface area contributed by atoms with E-state index in [1.54, 1.807) is 12.5 Å². The van der Waals surface area contributed by atoms with Crippen LogP contribution in [0.1, 0.15) is 41.4 Å². The van der Waals surface area contributed by atoms with Crippen molar-refractivity contribution in [2.24, 2.45) is 0 Å². The molecule has 4 rings (SSSR count). The number of fused-ring (bicyclic) bond motifs is 1. The molecule has 22 heavy (non-hydrogen) atoms. The SMILES string of the molecule is O=C(c1ccc2nc[nH]c2c1)N1CCCCC1c1ccn[nH]1. The van der Waals surface area contributed by atoms with E-state index in [1.807, 2.05) is 29.2 Å². The normalized spacial score (nSPS) is 18.7. The number of imidazole rings is 1. The summed E-state index contributed by atoms with van der Waals surface area (Å²) in [4.78, 5) is 22.1. The Labute approximate surface area is 127 Å². The van der Waals surface area contributed by atoms with E-state index in [4.69, 9.17) is 0 Å². The first-order valence-corrected chi connectivity index (χ1v) is 7.56. The summed E-state index contributed by atoms with van der Waals surface area (Å²) in [6, 6.07) is 7.65. The predicted molar refractivity (Wildman–Crippen MR) is 82.3 cm³/mol.